The zero-order valence-corrected chi connectivity index (χ0v) is 54.6. The van der Waals surface area contributed by atoms with Crippen LogP contribution in [0.25, 0.3) is 0 Å². The molecule has 0 spiro atoms. The largest absolute Gasteiger partial charge is 0.477 e. The van der Waals surface area contributed by atoms with Gasteiger partial charge in [-0.15, -0.1) is 0 Å². The first-order valence-electron chi connectivity index (χ1n) is 30.8. The number of benzene rings is 2. The van der Waals surface area contributed by atoms with E-state index >= 15 is 0 Å². The Kier molecular flexibility index (Phi) is 23.4. The van der Waals surface area contributed by atoms with Gasteiger partial charge in [-0.05, 0) is 101 Å². The third-order valence-electron chi connectivity index (χ3n) is 16.4. The summed E-state index contributed by atoms with van der Waals surface area (Å²) in [4.78, 5) is 66.1. The number of ether oxygens (including phenoxy) is 5. The van der Waals surface area contributed by atoms with Crippen molar-refractivity contribution in [2.24, 2.45) is 17.8 Å². The lowest BCUT2D eigenvalue weighted by molar-refractivity contribution is -0.151. The number of morpholine rings is 2. The first-order valence-corrected chi connectivity index (χ1v) is 31.6. The summed E-state index contributed by atoms with van der Waals surface area (Å²) in [5, 5.41) is 26.0. The molecule has 25 nitrogen and oxygen atoms in total. The van der Waals surface area contributed by atoms with Crippen LogP contribution in [0, 0.1) is 36.0 Å². The van der Waals surface area contributed by atoms with Gasteiger partial charge in [0.25, 0.3) is 11.8 Å². The summed E-state index contributed by atoms with van der Waals surface area (Å²) in [6, 6.07) is 20.3. The number of nitriles is 1. The third kappa shape index (κ3) is 19.3. The molecule has 1 saturated carbocycles. The normalized spacial score (nSPS) is 19.9. The molecular weight excluding hydrogens is 1270 g/mol. The van der Waals surface area contributed by atoms with Crippen molar-refractivity contribution in [1.29, 1.82) is 5.26 Å². The van der Waals surface area contributed by atoms with Gasteiger partial charge in [-0.2, -0.15) is 25.3 Å². The number of likely N-dealkylation sites (tertiary alicyclic amines) is 2. The maximum Gasteiger partial charge on any atom is 0.271 e. The lowest BCUT2D eigenvalue weighted by Crippen LogP contribution is -2.51. The number of nitrogens with zero attached hydrogens (tertiary/aromatic N) is 13. The highest BCUT2D eigenvalue weighted by Gasteiger charge is 2.47. The number of aromatic nitrogens is 8. The number of carbonyl (C=O) groups excluding carboxylic acids is 3. The molecule has 4 aromatic heterocycles. The first-order chi connectivity index (χ1) is 44.9. The van der Waals surface area contributed by atoms with E-state index in [0.29, 0.717) is 48.9 Å². The van der Waals surface area contributed by atoms with Gasteiger partial charge in [0, 0.05) is 101 Å². The minimum atomic E-state index is -3.08. The molecule has 31 heteroatoms. The van der Waals surface area contributed by atoms with E-state index in [4.69, 9.17) is 46.9 Å². The zero-order valence-electron chi connectivity index (χ0n) is 53.1. The van der Waals surface area contributed by atoms with Crippen molar-refractivity contribution in [1.82, 2.24) is 54.8 Å². The van der Waals surface area contributed by atoms with Crippen LogP contribution in [-0.4, -0.2) is 184 Å². The molecule has 8 heterocycles. The second kappa shape index (κ2) is 31.6. The van der Waals surface area contributed by atoms with Crippen LogP contribution in [0.1, 0.15) is 66.0 Å². The molecule has 0 radical (unpaired) electrons. The highest BCUT2D eigenvalue weighted by atomic mass is 35.5. The number of carbonyl (C=O) groups is 3. The second-order valence-electron chi connectivity index (χ2n) is 23.9. The highest BCUT2D eigenvalue weighted by Crippen LogP contribution is 2.37. The summed E-state index contributed by atoms with van der Waals surface area (Å²) in [5.74, 6) is -7.07. The number of aryl methyl sites for hydroxylation is 1. The third-order valence-corrected chi connectivity index (χ3v) is 16.9. The number of anilines is 8. The average molecular weight is 1350 g/mol. The van der Waals surface area contributed by atoms with Crippen LogP contribution in [0.15, 0.2) is 79.4 Å². The van der Waals surface area contributed by atoms with Crippen LogP contribution in [0.3, 0.4) is 0 Å². The molecule has 4 aliphatic heterocycles. The molecule has 4 saturated heterocycles. The van der Waals surface area contributed by atoms with Gasteiger partial charge >= 0.3 is 0 Å². The topological polar surface area (TPSA) is 277 Å². The summed E-state index contributed by atoms with van der Waals surface area (Å²) in [6.07, 6.45) is 8.15. The molecule has 11 rings (SSSR count). The second-order valence-corrected chi connectivity index (χ2v) is 24.7. The molecule has 2 unspecified atom stereocenters. The van der Waals surface area contributed by atoms with Crippen molar-refractivity contribution < 1.29 is 55.6 Å². The number of rotatable bonds is 19. The standard InChI is InChI=1S/C22H26ClF2N5O3.C21H27N5O3.C20H24ClF2N7O2/c1-15(31)30-7-6-16(22(24,25)14-30)13-33-20-19(23)12-26-21(28-20)27-17-2-4-18(5-3-17)29-8-10-32-11-9-29;1-15(27)23-18-12-16(13-18)14-29-20-6-7-22-21(25-20)24-17-2-4-19(5-3-17)26-8-10-28-11-9-26;1-12-16(8-30(28-12)19(3,4)10-24)26-18-25-7-15(21)17(27-18)32-9-14-5-6-29(13(2)31)11-20(14,22)23/h2-5,12,16H,6-11,13-14H2,1H3,(H,26,27,28);2-7,16,18H,8-14H2,1H3,(H,23,27)(H,22,24,25);7-8,14H,5-6,9,11H2,1-4H3,(H,25,26,27). The van der Waals surface area contributed by atoms with Gasteiger partial charge in [0.15, 0.2) is 0 Å². The summed E-state index contributed by atoms with van der Waals surface area (Å²) in [5.41, 5.74) is 4.33. The van der Waals surface area contributed by atoms with Gasteiger partial charge in [0.1, 0.15) is 15.6 Å². The molecule has 5 aliphatic rings. The lowest BCUT2D eigenvalue weighted by atomic mass is 9.81. The Balaban J connectivity index is 0.000000166. The van der Waals surface area contributed by atoms with Gasteiger partial charge in [-0.25, -0.2) is 32.5 Å². The lowest BCUT2D eigenvalue weighted by Gasteiger charge is -2.37. The Bertz CT molecular complexity index is 3580. The number of nitrogens with one attached hydrogen (secondary N) is 4. The number of piperidine rings is 2. The van der Waals surface area contributed by atoms with Gasteiger partial charge in [-0.1, -0.05) is 23.2 Å². The van der Waals surface area contributed by atoms with Gasteiger partial charge in [0.05, 0.1) is 107 Å². The maximum atomic E-state index is 14.5. The predicted molar refractivity (Wildman–Crippen MR) is 344 cm³/mol. The molecule has 6 aromatic rings. The van der Waals surface area contributed by atoms with E-state index in [2.05, 4.69) is 84.3 Å². The summed E-state index contributed by atoms with van der Waals surface area (Å²) in [7, 11) is 0. The number of hydrogen-bond acceptors (Lipinski definition) is 21. The fourth-order valence-corrected chi connectivity index (χ4v) is 11.0. The van der Waals surface area contributed by atoms with Crippen LogP contribution >= 0.6 is 23.2 Å². The van der Waals surface area contributed by atoms with Crippen LogP contribution in [0.2, 0.25) is 10.0 Å². The van der Waals surface area contributed by atoms with Crippen molar-refractivity contribution in [3.05, 3.63) is 95.1 Å². The number of alkyl halides is 4. The van der Waals surface area contributed by atoms with E-state index < -0.39 is 42.3 Å². The monoisotopic (exact) mass is 1350 g/mol. The van der Waals surface area contributed by atoms with E-state index in [1.54, 1.807) is 46.2 Å². The fraction of sp³-hybridized carbons (Fsp3) is 0.508. The van der Waals surface area contributed by atoms with Crippen molar-refractivity contribution >= 4 is 87.2 Å². The summed E-state index contributed by atoms with van der Waals surface area (Å²) < 4.78 is 87.0. The van der Waals surface area contributed by atoms with Gasteiger partial charge < -0.3 is 64.6 Å². The number of halogens is 6. The van der Waals surface area contributed by atoms with E-state index in [9.17, 15) is 37.2 Å². The summed E-state index contributed by atoms with van der Waals surface area (Å²) in [6.45, 7) is 15.1. The van der Waals surface area contributed by atoms with Crippen LogP contribution in [0.5, 0.6) is 17.6 Å². The molecular formula is C63H77Cl2F4N17O8. The van der Waals surface area contributed by atoms with Crippen molar-refractivity contribution in [3.8, 4) is 23.7 Å². The molecule has 1 aliphatic carbocycles. The Labute approximate surface area is 552 Å². The molecule has 0 bridgehead atoms. The van der Waals surface area contributed by atoms with E-state index in [1.807, 2.05) is 36.4 Å². The molecule has 5 fully saturated rings. The van der Waals surface area contributed by atoms with Crippen LogP contribution < -0.4 is 45.3 Å². The van der Waals surface area contributed by atoms with E-state index in [0.717, 1.165) is 79.1 Å². The average Bonchev–Trinajstić information content (AvgIpc) is 1.26. The SMILES string of the molecule is CC(=O)N1CCC(COc2nc(Nc3ccc(N4CCOCC4)cc3)ncc2Cl)C(F)(F)C1.CC(=O)N1CCC(COc2nc(Nc3cn(C(C)(C)C#N)nc3C)ncc2Cl)C(F)(F)C1.CC(=O)NC1CC(COc2ccnc(Nc3ccc(N4CCOCC4)cc3)n2)C1. The Morgan fingerprint density at radius 1 is 0.660 bits per heavy atom. The minimum Gasteiger partial charge on any atom is -0.477 e. The Morgan fingerprint density at radius 2 is 1.13 bits per heavy atom. The molecule has 2 aromatic carbocycles. The molecule has 3 amide bonds. The van der Waals surface area contributed by atoms with Crippen molar-refractivity contribution in [2.75, 3.05) is 124 Å². The quantitative estimate of drug-likeness (QED) is 0.0549. The minimum absolute atomic E-state index is 0.0267. The van der Waals surface area contributed by atoms with E-state index in [-0.39, 0.29) is 96.6 Å². The van der Waals surface area contributed by atoms with Crippen LogP contribution in [-0.2, 0) is 29.4 Å². The number of hydrogen-bond donors (Lipinski definition) is 4. The maximum absolute atomic E-state index is 14.5. The summed E-state index contributed by atoms with van der Waals surface area (Å²) >= 11 is 12.2. The molecule has 504 valence electrons. The van der Waals surface area contributed by atoms with Crippen LogP contribution in [0.4, 0.5) is 63.8 Å². The van der Waals surface area contributed by atoms with E-state index in [1.165, 1.54) is 36.6 Å². The smallest absolute Gasteiger partial charge is 0.271 e. The zero-order chi connectivity index (χ0) is 67.2. The first kappa shape index (κ1) is 69.7. The van der Waals surface area contributed by atoms with Crippen molar-refractivity contribution in [2.45, 2.75) is 90.7 Å². The molecule has 4 N–H and O–H groups in total. The van der Waals surface area contributed by atoms with Gasteiger partial charge in [-0.3, -0.25) is 19.1 Å². The Morgan fingerprint density at radius 3 is 1.57 bits per heavy atom. The predicted octanol–water partition coefficient (Wildman–Crippen LogP) is 9.46. The van der Waals surface area contributed by atoms with Gasteiger partial charge in [0.2, 0.25) is 53.2 Å². The Hall–Kier alpha value is -8.59. The highest BCUT2D eigenvalue weighted by molar-refractivity contribution is 6.32. The molecule has 94 heavy (non-hydrogen) atoms. The van der Waals surface area contributed by atoms with Crippen molar-refractivity contribution in [3.63, 3.8) is 0 Å². The molecule has 2 atom stereocenters. The fourth-order valence-electron chi connectivity index (χ4n) is 10.7. The number of amides is 3.